The zero-order chi connectivity index (χ0) is 13.6. The summed E-state index contributed by atoms with van der Waals surface area (Å²) in [6, 6.07) is -0.329. The second-order valence-corrected chi connectivity index (χ2v) is 4.93. The molecule has 7 nitrogen and oxygen atoms in total. The Hall–Kier alpha value is -1.89. The molecule has 0 saturated carbocycles. The lowest BCUT2D eigenvalue weighted by atomic mass is 10.2. The van der Waals surface area contributed by atoms with E-state index >= 15 is 0 Å². The van der Waals surface area contributed by atoms with Crippen molar-refractivity contribution in [3.63, 3.8) is 0 Å². The third-order valence-electron chi connectivity index (χ3n) is 3.43. The zero-order valence-corrected chi connectivity index (χ0v) is 11.1. The average molecular weight is 281 g/mol. The summed E-state index contributed by atoms with van der Waals surface area (Å²) in [7, 11) is 0. The number of hydrogen-bond donors (Lipinski definition) is 1. The van der Waals surface area contributed by atoms with Crippen molar-refractivity contribution in [3.8, 4) is 0 Å². The molecule has 1 atom stereocenters. The Kier molecular flexibility index (Phi) is 2.78. The van der Waals surface area contributed by atoms with Gasteiger partial charge in [-0.25, -0.2) is 0 Å². The van der Waals surface area contributed by atoms with Crippen LogP contribution >= 0.6 is 11.6 Å². The molecule has 1 aliphatic heterocycles. The second-order valence-electron chi connectivity index (χ2n) is 4.58. The number of carbonyl (C=O) groups excluding carboxylic acids is 1. The molecule has 19 heavy (non-hydrogen) atoms. The molecule has 0 aromatic carbocycles. The second kappa shape index (κ2) is 4.34. The number of aromatic nitrogens is 4. The van der Waals surface area contributed by atoms with Gasteiger partial charge in [0.05, 0.1) is 0 Å². The maximum atomic E-state index is 11.5. The van der Waals surface area contributed by atoms with Crippen molar-refractivity contribution >= 4 is 29.1 Å². The van der Waals surface area contributed by atoms with E-state index in [-0.39, 0.29) is 11.9 Å². The van der Waals surface area contributed by atoms with Gasteiger partial charge in [0.15, 0.2) is 0 Å². The molecule has 1 amide bonds. The molecular weight excluding hydrogens is 268 g/mol. The maximum Gasteiger partial charge on any atom is 0.255 e. The van der Waals surface area contributed by atoms with E-state index in [4.69, 9.17) is 17.3 Å². The smallest absolute Gasteiger partial charge is 0.255 e. The summed E-state index contributed by atoms with van der Waals surface area (Å²) in [6.07, 6.45) is 3.06. The Bertz CT molecular complexity index is 654. The number of hydrogen-bond acceptors (Lipinski definition) is 5. The molecule has 3 heterocycles. The third kappa shape index (κ3) is 1.81. The van der Waals surface area contributed by atoms with Gasteiger partial charge in [-0.2, -0.15) is 19.6 Å². The van der Waals surface area contributed by atoms with Gasteiger partial charge >= 0.3 is 0 Å². The van der Waals surface area contributed by atoms with E-state index < -0.39 is 0 Å². The number of primary amides is 1. The SMILES string of the molecule is Cc1c(Cl)nc2ncnn2c1N1CCCC1C(N)=O. The quantitative estimate of drug-likeness (QED) is 0.811. The van der Waals surface area contributed by atoms with Crippen molar-refractivity contribution in [2.75, 3.05) is 11.4 Å². The Morgan fingerprint density at radius 3 is 3.11 bits per heavy atom. The molecule has 0 aliphatic carbocycles. The zero-order valence-electron chi connectivity index (χ0n) is 10.4. The Morgan fingerprint density at radius 1 is 1.58 bits per heavy atom. The molecule has 8 heteroatoms. The number of nitrogens with two attached hydrogens (primary N) is 1. The van der Waals surface area contributed by atoms with Crippen LogP contribution < -0.4 is 10.6 Å². The van der Waals surface area contributed by atoms with E-state index in [1.165, 1.54) is 6.33 Å². The monoisotopic (exact) mass is 280 g/mol. The summed E-state index contributed by atoms with van der Waals surface area (Å²) >= 11 is 6.12. The number of halogens is 1. The van der Waals surface area contributed by atoms with Crippen LogP contribution in [-0.2, 0) is 4.79 Å². The van der Waals surface area contributed by atoms with Crippen LogP contribution in [0.4, 0.5) is 5.82 Å². The van der Waals surface area contributed by atoms with Crippen LogP contribution in [0.25, 0.3) is 5.78 Å². The summed E-state index contributed by atoms with van der Waals surface area (Å²) in [5.74, 6) is 0.827. The molecule has 100 valence electrons. The summed E-state index contributed by atoms with van der Waals surface area (Å²) in [6.45, 7) is 2.59. The molecule has 0 radical (unpaired) electrons. The Balaban J connectivity index is 2.21. The molecule has 1 saturated heterocycles. The third-order valence-corrected chi connectivity index (χ3v) is 3.79. The molecule has 1 unspecified atom stereocenters. The fourth-order valence-electron chi connectivity index (χ4n) is 2.54. The lowest BCUT2D eigenvalue weighted by Gasteiger charge is -2.26. The number of fused-ring (bicyclic) bond motifs is 1. The fourth-order valence-corrected chi connectivity index (χ4v) is 2.70. The van der Waals surface area contributed by atoms with Crippen LogP contribution in [0, 0.1) is 6.92 Å². The summed E-state index contributed by atoms with van der Waals surface area (Å²) in [5, 5.41) is 4.52. The average Bonchev–Trinajstić information content (AvgIpc) is 2.98. The van der Waals surface area contributed by atoms with Gasteiger partial charge < -0.3 is 10.6 Å². The van der Waals surface area contributed by atoms with Crippen LogP contribution in [0.15, 0.2) is 6.33 Å². The first-order chi connectivity index (χ1) is 9.09. The lowest BCUT2D eigenvalue weighted by Crippen LogP contribution is -2.41. The lowest BCUT2D eigenvalue weighted by molar-refractivity contribution is -0.119. The van der Waals surface area contributed by atoms with E-state index in [9.17, 15) is 4.79 Å². The van der Waals surface area contributed by atoms with Crippen molar-refractivity contribution < 1.29 is 4.79 Å². The predicted octanol–water partition coefficient (Wildman–Crippen LogP) is 0.540. The highest BCUT2D eigenvalue weighted by molar-refractivity contribution is 6.30. The first-order valence-corrected chi connectivity index (χ1v) is 6.39. The van der Waals surface area contributed by atoms with Gasteiger partial charge in [0, 0.05) is 12.1 Å². The Labute approximate surface area is 114 Å². The van der Waals surface area contributed by atoms with Crippen molar-refractivity contribution in [2.24, 2.45) is 5.73 Å². The minimum absolute atomic E-state index is 0.329. The van der Waals surface area contributed by atoms with Crippen LogP contribution in [-0.4, -0.2) is 38.1 Å². The van der Waals surface area contributed by atoms with Gasteiger partial charge in [0.25, 0.3) is 5.78 Å². The summed E-state index contributed by atoms with van der Waals surface area (Å²) < 4.78 is 1.60. The van der Waals surface area contributed by atoms with Crippen molar-refractivity contribution in [3.05, 3.63) is 17.0 Å². The van der Waals surface area contributed by atoms with Gasteiger partial charge in [0.2, 0.25) is 5.91 Å². The van der Waals surface area contributed by atoms with E-state index in [2.05, 4.69) is 15.1 Å². The van der Waals surface area contributed by atoms with Gasteiger partial charge in [-0.1, -0.05) is 11.6 Å². The maximum absolute atomic E-state index is 11.5. The standard InChI is InChI=1S/C11H13ClN6O/c1-6-8(12)16-11-14-5-15-18(11)10(6)17-4-2-3-7(17)9(13)19/h5,7H,2-4H2,1H3,(H2,13,19). The molecule has 3 rings (SSSR count). The molecule has 1 aliphatic rings. The number of carbonyl (C=O) groups is 1. The predicted molar refractivity (Wildman–Crippen MR) is 70.1 cm³/mol. The normalized spacial score (nSPS) is 19.3. The van der Waals surface area contributed by atoms with E-state index in [0.29, 0.717) is 10.9 Å². The number of anilines is 1. The van der Waals surface area contributed by atoms with Crippen molar-refractivity contribution in [1.82, 2.24) is 19.6 Å². The molecule has 2 aromatic rings. The molecule has 2 aromatic heterocycles. The van der Waals surface area contributed by atoms with E-state index in [1.807, 2.05) is 11.8 Å². The van der Waals surface area contributed by atoms with Crippen LogP contribution in [0.1, 0.15) is 18.4 Å². The fraction of sp³-hybridized carbons (Fsp3) is 0.455. The number of amides is 1. The first-order valence-electron chi connectivity index (χ1n) is 6.01. The van der Waals surface area contributed by atoms with Crippen LogP contribution in [0.2, 0.25) is 5.15 Å². The number of nitrogens with zero attached hydrogens (tertiary/aromatic N) is 5. The van der Waals surface area contributed by atoms with Crippen LogP contribution in [0.3, 0.4) is 0 Å². The van der Waals surface area contributed by atoms with E-state index in [1.54, 1.807) is 4.52 Å². The highest BCUT2D eigenvalue weighted by atomic mass is 35.5. The number of rotatable bonds is 2. The van der Waals surface area contributed by atoms with Gasteiger partial charge in [-0.3, -0.25) is 4.79 Å². The highest BCUT2D eigenvalue weighted by Gasteiger charge is 2.32. The molecular formula is C11H13ClN6O. The largest absolute Gasteiger partial charge is 0.368 e. The topological polar surface area (TPSA) is 89.4 Å². The molecule has 1 fully saturated rings. The first kappa shape index (κ1) is 12.2. The highest BCUT2D eigenvalue weighted by Crippen LogP contribution is 2.31. The molecule has 0 bridgehead atoms. The van der Waals surface area contributed by atoms with Crippen molar-refractivity contribution in [1.29, 1.82) is 0 Å². The minimum Gasteiger partial charge on any atom is -0.368 e. The summed E-state index contributed by atoms with van der Waals surface area (Å²) in [4.78, 5) is 21.7. The molecule has 0 spiro atoms. The van der Waals surface area contributed by atoms with Gasteiger partial charge in [-0.05, 0) is 19.8 Å². The Morgan fingerprint density at radius 2 is 2.37 bits per heavy atom. The van der Waals surface area contributed by atoms with Gasteiger partial charge in [-0.15, -0.1) is 0 Å². The van der Waals surface area contributed by atoms with Crippen molar-refractivity contribution in [2.45, 2.75) is 25.8 Å². The molecule has 2 N–H and O–H groups in total. The van der Waals surface area contributed by atoms with E-state index in [0.717, 1.165) is 30.8 Å². The minimum atomic E-state index is -0.335. The van der Waals surface area contributed by atoms with Gasteiger partial charge in [0.1, 0.15) is 23.3 Å². The van der Waals surface area contributed by atoms with Crippen LogP contribution in [0.5, 0.6) is 0 Å². The summed E-state index contributed by atoms with van der Waals surface area (Å²) in [5.41, 5.74) is 6.23.